The molecule has 3 nitrogen and oxygen atoms in total. The van der Waals surface area contributed by atoms with Crippen LogP contribution < -0.4 is 0 Å². The third-order valence-corrected chi connectivity index (χ3v) is 4.32. The number of nitriles is 1. The fourth-order valence-electron chi connectivity index (χ4n) is 2.58. The molecule has 0 saturated heterocycles. The molecule has 4 heteroatoms. The van der Waals surface area contributed by atoms with Crippen molar-refractivity contribution in [1.29, 1.82) is 5.26 Å². The summed E-state index contributed by atoms with van der Waals surface area (Å²) in [5.74, 6) is -0.378. The van der Waals surface area contributed by atoms with Crippen LogP contribution in [0.1, 0.15) is 37.2 Å². The Bertz CT molecular complexity index is 557. The van der Waals surface area contributed by atoms with E-state index in [0.717, 1.165) is 24.8 Å². The monoisotopic (exact) mass is 273 g/mol. The van der Waals surface area contributed by atoms with Crippen LogP contribution in [0.25, 0.3) is 0 Å². The van der Waals surface area contributed by atoms with E-state index < -0.39 is 0 Å². The van der Waals surface area contributed by atoms with E-state index in [-0.39, 0.29) is 29.0 Å². The van der Waals surface area contributed by atoms with Gasteiger partial charge in [0.25, 0.3) is 0 Å². The van der Waals surface area contributed by atoms with E-state index in [4.69, 9.17) is 10.00 Å². The van der Waals surface area contributed by atoms with E-state index in [9.17, 15) is 9.18 Å². The molecule has 2 aliphatic rings. The van der Waals surface area contributed by atoms with Crippen LogP contribution in [0.4, 0.5) is 4.39 Å². The van der Waals surface area contributed by atoms with E-state index in [2.05, 4.69) is 6.07 Å². The van der Waals surface area contributed by atoms with Crippen molar-refractivity contribution in [2.75, 3.05) is 6.61 Å². The highest BCUT2D eigenvalue weighted by atomic mass is 19.1. The Morgan fingerprint density at radius 2 is 2.10 bits per heavy atom. The molecule has 0 amide bonds. The van der Waals surface area contributed by atoms with E-state index in [1.54, 1.807) is 12.1 Å². The van der Waals surface area contributed by atoms with Gasteiger partial charge in [-0.25, -0.2) is 4.39 Å². The van der Waals surface area contributed by atoms with Crippen LogP contribution in [0, 0.1) is 28.5 Å². The minimum absolute atomic E-state index is 0.0648. The molecule has 2 fully saturated rings. The van der Waals surface area contributed by atoms with Crippen LogP contribution in [-0.2, 0) is 9.53 Å². The minimum Gasteiger partial charge on any atom is -0.465 e. The summed E-state index contributed by atoms with van der Waals surface area (Å²) in [4.78, 5) is 12.0. The quantitative estimate of drug-likeness (QED) is 0.774. The smallest absolute Gasteiger partial charge is 0.309 e. The first-order chi connectivity index (χ1) is 9.63. The maximum Gasteiger partial charge on any atom is 0.309 e. The van der Waals surface area contributed by atoms with Gasteiger partial charge in [0, 0.05) is 11.8 Å². The van der Waals surface area contributed by atoms with E-state index in [0.29, 0.717) is 13.0 Å². The number of hydrogen-bond acceptors (Lipinski definition) is 3. The summed E-state index contributed by atoms with van der Waals surface area (Å²) in [5.41, 5.74) is 0.927. The van der Waals surface area contributed by atoms with Crippen LogP contribution in [0.2, 0.25) is 0 Å². The predicted octanol–water partition coefficient (Wildman–Crippen LogP) is 3.17. The number of nitrogens with zero attached hydrogens (tertiary/aromatic N) is 1. The van der Waals surface area contributed by atoms with Gasteiger partial charge in [-0.05, 0) is 42.9 Å². The van der Waals surface area contributed by atoms with Gasteiger partial charge in [0.05, 0.1) is 18.6 Å². The van der Waals surface area contributed by atoms with Crippen LogP contribution in [0.3, 0.4) is 0 Å². The molecule has 3 rings (SSSR count). The summed E-state index contributed by atoms with van der Waals surface area (Å²) >= 11 is 0. The molecule has 104 valence electrons. The molecule has 0 aromatic heterocycles. The fraction of sp³-hybridized carbons (Fsp3) is 0.500. The Balaban J connectivity index is 1.51. The van der Waals surface area contributed by atoms with Gasteiger partial charge in [-0.1, -0.05) is 12.1 Å². The molecule has 0 heterocycles. The molecular weight excluding hydrogens is 257 g/mol. The molecule has 20 heavy (non-hydrogen) atoms. The Morgan fingerprint density at radius 3 is 2.70 bits per heavy atom. The molecule has 0 spiro atoms. The highest BCUT2D eigenvalue weighted by molar-refractivity contribution is 5.77. The molecule has 2 atom stereocenters. The molecule has 1 aromatic rings. The molecule has 0 unspecified atom stereocenters. The maximum absolute atomic E-state index is 12.8. The lowest BCUT2D eigenvalue weighted by atomic mass is 10.1. The molecule has 2 saturated carbocycles. The highest BCUT2D eigenvalue weighted by Gasteiger charge is 2.48. The lowest BCUT2D eigenvalue weighted by Crippen LogP contribution is -2.16. The number of rotatable bonds is 5. The molecule has 0 radical (unpaired) electrons. The van der Waals surface area contributed by atoms with Crippen molar-refractivity contribution in [3.63, 3.8) is 0 Å². The SMILES string of the molecule is N#CCC1(COC(=O)[C@H]2C[C@H]2c2ccc(F)cc2)CC1. The average molecular weight is 273 g/mol. The number of ether oxygens (including phenoxy) is 1. The van der Waals surface area contributed by atoms with Gasteiger partial charge in [0.1, 0.15) is 5.82 Å². The number of halogens is 1. The zero-order valence-corrected chi connectivity index (χ0v) is 11.1. The van der Waals surface area contributed by atoms with Gasteiger partial charge in [0.15, 0.2) is 0 Å². The van der Waals surface area contributed by atoms with Crippen LogP contribution >= 0.6 is 0 Å². The van der Waals surface area contributed by atoms with Gasteiger partial charge >= 0.3 is 5.97 Å². The van der Waals surface area contributed by atoms with Crippen molar-refractivity contribution in [2.24, 2.45) is 11.3 Å². The van der Waals surface area contributed by atoms with Crippen molar-refractivity contribution < 1.29 is 13.9 Å². The van der Waals surface area contributed by atoms with E-state index >= 15 is 0 Å². The fourth-order valence-corrected chi connectivity index (χ4v) is 2.58. The Kier molecular flexibility index (Phi) is 3.21. The van der Waals surface area contributed by atoms with E-state index in [1.807, 2.05) is 0 Å². The maximum atomic E-state index is 12.8. The first kappa shape index (κ1) is 13.1. The number of carbonyl (C=O) groups is 1. The summed E-state index contributed by atoms with van der Waals surface area (Å²) in [7, 11) is 0. The summed E-state index contributed by atoms with van der Waals surface area (Å²) < 4.78 is 18.2. The second-order valence-corrected chi connectivity index (χ2v) is 5.94. The number of carbonyl (C=O) groups excluding carboxylic acids is 1. The second kappa shape index (κ2) is 4.90. The van der Waals surface area contributed by atoms with Crippen molar-refractivity contribution in [1.82, 2.24) is 0 Å². The summed E-state index contributed by atoms with van der Waals surface area (Å²) in [5, 5.41) is 8.72. The summed E-state index contributed by atoms with van der Waals surface area (Å²) in [6.45, 7) is 0.367. The first-order valence-electron chi connectivity index (χ1n) is 6.93. The first-order valence-corrected chi connectivity index (χ1v) is 6.93. The Hall–Kier alpha value is -1.89. The number of hydrogen-bond donors (Lipinski definition) is 0. The third kappa shape index (κ3) is 2.67. The normalized spacial score (nSPS) is 25.6. The van der Waals surface area contributed by atoms with Crippen LogP contribution in [-0.4, -0.2) is 12.6 Å². The molecule has 0 bridgehead atoms. The highest BCUT2D eigenvalue weighted by Crippen LogP contribution is 2.51. The standard InChI is InChI=1S/C16H16FNO2/c17-12-3-1-11(2-4-12)13-9-14(13)15(19)20-10-16(5-6-16)7-8-18/h1-4,13-14H,5-7,9-10H2/t13-,14-/m0/s1. The molecule has 0 N–H and O–H groups in total. The average Bonchev–Trinajstić information content (AvgIpc) is 3.33. The third-order valence-electron chi connectivity index (χ3n) is 4.32. The minimum atomic E-state index is -0.263. The van der Waals surface area contributed by atoms with Crippen molar-refractivity contribution in [3.8, 4) is 6.07 Å². The number of benzene rings is 1. The van der Waals surface area contributed by atoms with Crippen molar-refractivity contribution in [3.05, 3.63) is 35.6 Å². The topological polar surface area (TPSA) is 50.1 Å². The summed E-state index contributed by atoms with van der Waals surface area (Å²) in [6.07, 6.45) is 3.18. The molecule has 0 aliphatic heterocycles. The Labute approximate surface area is 117 Å². The molecule has 1 aromatic carbocycles. The zero-order chi connectivity index (χ0) is 14.2. The van der Waals surface area contributed by atoms with Gasteiger partial charge in [-0.3, -0.25) is 4.79 Å². The lowest BCUT2D eigenvalue weighted by Gasteiger charge is -2.11. The lowest BCUT2D eigenvalue weighted by molar-refractivity contribution is -0.147. The van der Waals surface area contributed by atoms with Gasteiger partial charge < -0.3 is 4.74 Å². The van der Waals surface area contributed by atoms with Crippen LogP contribution in [0.5, 0.6) is 0 Å². The zero-order valence-electron chi connectivity index (χ0n) is 11.1. The van der Waals surface area contributed by atoms with Crippen molar-refractivity contribution >= 4 is 5.97 Å². The Morgan fingerprint density at radius 1 is 1.40 bits per heavy atom. The summed E-state index contributed by atoms with van der Waals surface area (Å²) in [6, 6.07) is 8.44. The van der Waals surface area contributed by atoms with Gasteiger partial charge in [-0.15, -0.1) is 0 Å². The van der Waals surface area contributed by atoms with Gasteiger partial charge in [-0.2, -0.15) is 5.26 Å². The predicted molar refractivity (Wildman–Crippen MR) is 70.1 cm³/mol. The largest absolute Gasteiger partial charge is 0.465 e. The second-order valence-electron chi connectivity index (χ2n) is 5.94. The van der Waals surface area contributed by atoms with Crippen LogP contribution in [0.15, 0.2) is 24.3 Å². The van der Waals surface area contributed by atoms with Crippen molar-refractivity contribution in [2.45, 2.75) is 31.6 Å². The number of esters is 1. The van der Waals surface area contributed by atoms with Gasteiger partial charge in [0.2, 0.25) is 0 Å². The molecular formula is C16H16FNO2. The molecule has 2 aliphatic carbocycles. The van der Waals surface area contributed by atoms with E-state index in [1.165, 1.54) is 12.1 Å².